The largest absolute Gasteiger partial charge is 0.337 e. The van der Waals surface area contributed by atoms with E-state index in [2.05, 4.69) is 10.1 Å². The molecule has 0 amide bonds. The van der Waals surface area contributed by atoms with Crippen LogP contribution < -0.4 is 5.73 Å². The molecule has 0 saturated heterocycles. The van der Waals surface area contributed by atoms with Gasteiger partial charge in [0.15, 0.2) is 0 Å². The Hall–Kier alpha value is -0.910. The van der Waals surface area contributed by atoms with Crippen LogP contribution in [-0.2, 0) is 0 Å². The highest BCUT2D eigenvalue weighted by Crippen LogP contribution is 2.22. The molecule has 2 aromatic rings. The minimum Gasteiger partial charge on any atom is -0.337 e. The van der Waals surface area contributed by atoms with Crippen LogP contribution in [0.1, 0.15) is 25.8 Å². The van der Waals surface area contributed by atoms with Crippen LogP contribution in [0.5, 0.6) is 0 Å². The second-order valence-corrected chi connectivity index (χ2v) is 4.52. The maximum Gasteiger partial charge on any atom is 0.244 e. The minimum atomic E-state index is -0.190. The van der Waals surface area contributed by atoms with Crippen LogP contribution in [-0.4, -0.2) is 10.1 Å². The first-order valence-corrected chi connectivity index (χ1v) is 5.74. The second kappa shape index (κ2) is 5.43. The van der Waals surface area contributed by atoms with Crippen molar-refractivity contribution >= 4 is 23.7 Å². The van der Waals surface area contributed by atoms with Gasteiger partial charge in [-0.15, -0.1) is 12.4 Å². The van der Waals surface area contributed by atoms with E-state index in [0.29, 0.717) is 17.6 Å². The number of nitrogens with two attached hydrogens (primary N) is 1. The fourth-order valence-electron chi connectivity index (χ4n) is 1.16. The molecule has 1 atom stereocenters. The molecule has 0 fully saturated rings. The zero-order valence-corrected chi connectivity index (χ0v) is 10.7. The Morgan fingerprint density at radius 1 is 1.44 bits per heavy atom. The maximum absolute atomic E-state index is 5.91. The number of rotatable bonds is 3. The minimum absolute atomic E-state index is 0. The van der Waals surface area contributed by atoms with Crippen molar-refractivity contribution < 1.29 is 4.52 Å². The SMILES string of the molecule is CC(C)[C@@H](N)c1nc(-c2ccsc2)no1.Cl. The van der Waals surface area contributed by atoms with Crippen molar-refractivity contribution in [2.75, 3.05) is 0 Å². The highest BCUT2D eigenvalue weighted by molar-refractivity contribution is 7.08. The average Bonchev–Trinajstić information content (AvgIpc) is 2.86. The number of thiophene rings is 1. The van der Waals surface area contributed by atoms with Crippen LogP contribution in [0.25, 0.3) is 11.4 Å². The third-order valence-corrected chi connectivity index (χ3v) is 2.91. The van der Waals surface area contributed by atoms with Crippen LogP contribution in [0.2, 0.25) is 0 Å². The van der Waals surface area contributed by atoms with Gasteiger partial charge in [-0.2, -0.15) is 16.3 Å². The smallest absolute Gasteiger partial charge is 0.244 e. The topological polar surface area (TPSA) is 64.9 Å². The van der Waals surface area contributed by atoms with Crippen molar-refractivity contribution in [1.29, 1.82) is 0 Å². The second-order valence-electron chi connectivity index (χ2n) is 3.74. The van der Waals surface area contributed by atoms with Gasteiger partial charge in [0.1, 0.15) is 0 Å². The van der Waals surface area contributed by atoms with Gasteiger partial charge in [0.25, 0.3) is 0 Å². The van der Waals surface area contributed by atoms with Crippen molar-refractivity contribution in [2.45, 2.75) is 19.9 Å². The van der Waals surface area contributed by atoms with E-state index in [9.17, 15) is 0 Å². The highest BCUT2D eigenvalue weighted by Gasteiger charge is 2.18. The fourth-order valence-corrected chi connectivity index (χ4v) is 1.80. The van der Waals surface area contributed by atoms with E-state index in [1.165, 1.54) is 0 Å². The molecule has 88 valence electrons. The maximum atomic E-state index is 5.91. The summed E-state index contributed by atoms with van der Waals surface area (Å²) in [6, 6.07) is 1.77. The molecule has 2 heterocycles. The number of hydrogen-bond acceptors (Lipinski definition) is 5. The molecule has 16 heavy (non-hydrogen) atoms. The Morgan fingerprint density at radius 2 is 2.19 bits per heavy atom. The lowest BCUT2D eigenvalue weighted by Gasteiger charge is -2.08. The van der Waals surface area contributed by atoms with Gasteiger partial charge in [0.05, 0.1) is 6.04 Å². The summed E-state index contributed by atoms with van der Waals surface area (Å²) in [5.74, 6) is 1.41. The van der Waals surface area contributed by atoms with Gasteiger partial charge in [-0.25, -0.2) is 0 Å². The molecule has 2 rings (SSSR count). The number of hydrogen-bond donors (Lipinski definition) is 1. The summed E-state index contributed by atoms with van der Waals surface area (Å²) in [6.45, 7) is 4.05. The summed E-state index contributed by atoms with van der Waals surface area (Å²) in [5.41, 5.74) is 6.89. The van der Waals surface area contributed by atoms with Crippen LogP contribution >= 0.6 is 23.7 Å². The van der Waals surface area contributed by atoms with Crippen LogP contribution in [0.3, 0.4) is 0 Å². The zero-order valence-electron chi connectivity index (χ0n) is 9.08. The summed E-state index contributed by atoms with van der Waals surface area (Å²) >= 11 is 1.61. The molecular weight excluding hydrogens is 246 g/mol. The fraction of sp³-hybridized carbons (Fsp3) is 0.400. The van der Waals surface area contributed by atoms with Crippen molar-refractivity contribution in [3.63, 3.8) is 0 Å². The average molecular weight is 260 g/mol. The molecule has 0 aliphatic heterocycles. The number of nitrogens with zero attached hydrogens (tertiary/aromatic N) is 2. The summed E-state index contributed by atoms with van der Waals surface area (Å²) in [6.07, 6.45) is 0. The third-order valence-electron chi connectivity index (χ3n) is 2.22. The van der Waals surface area contributed by atoms with E-state index in [0.717, 1.165) is 5.56 Å². The Kier molecular flexibility index (Phi) is 4.46. The third kappa shape index (κ3) is 2.61. The predicted octanol–water partition coefficient (Wildman–Crippen LogP) is 2.88. The Morgan fingerprint density at radius 3 is 2.75 bits per heavy atom. The van der Waals surface area contributed by atoms with Gasteiger partial charge in [0, 0.05) is 10.9 Å². The van der Waals surface area contributed by atoms with Crippen molar-refractivity contribution in [3.8, 4) is 11.4 Å². The van der Waals surface area contributed by atoms with Gasteiger partial charge in [-0.1, -0.05) is 19.0 Å². The molecule has 2 N–H and O–H groups in total. The summed E-state index contributed by atoms with van der Waals surface area (Å²) in [4.78, 5) is 4.28. The van der Waals surface area contributed by atoms with Crippen molar-refractivity contribution in [1.82, 2.24) is 10.1 Å². The van der Waals surface area contributed by atoms with Crippen LogP contribution in [0.4, 0.5) is 0 Å². The lowest BCUT2D eigenvalue weighted by molar-refractivity contribution is 0.325. The molecular formula is C10H14ClN3OS. The quantitative estimate of drug-likeness (QED) is 0.921. The molecule has 0 aliphatic carbocycles. The van der Waals surface area contributed by atoms with Gasteiger partial charge in [-0.3, -0.25) is 0 Å². The molecule has 4 nitrogen and oxygen atoms in total. The molecule has 0 spiro atoms. The first kappa shape index (κ1) is 13.2. The van der Waals surface area contributed by atoms with E-state index in [4.69, 9.17) is 10.3 Å². The van der Waals surface area contributed by atoms with Gasteiger partial charge >= 0.3 is 0 Å². The number of aromatic nitrogens is 2. The zero-order chi connectivity index (χ0) is 10.8. The van der Waals surface area contributed by atoms with Gasteiger partial charge in [0.2, 0.25) is 11.7 Å². The van der Waals surface area contributed by atoms with E-state index < -0.39 is 0 Å². The molecule has 0 bridgehead atoms. The number of halogens is 1. The summed E-state index contributed by atoms with van der Waals surface area (Å²) in [5, 5.41) is 7.86. The lowest BCUT2D eigenvalue weighted by atomic mass is 10.1. The van der Waals surface area contributed by atoms with Gasteiger partial charge < -0.3 is 10.3 Å². The van der Waals surface area contributed by atoms with Gasteiger partial charge in [-0.05, 0) is 17.4 Å². The van der Waals surface area contributed by atoms with Crippen LogP contribution in [0.15, 0.2) is 21.3 Å². The van der Waals surface area contributed by atoms with E-state index in [-0.39, 0.29) is 18.4 Å². The molecule has 0 radical (unpaired) electrons. The highest BCUT2D eigenvalue weighted by atomic mass is 35.5. The Bertz CT molecular complexity index is 427. The van der Waals surface area contributed by atoms with E-state index in [1.807, 2.05) is 30.7 Å². The first-order valence-electron chi connectivity index (χ1n) is 4.80. The summed E-state index contributed by atoms with van der Waals surface area (Å²) in [7, 11) is 0. The van der Waals surface area contributed by atoms with Crippen molar-refractivity contribution in [2.24, 2.45) is 11.7 Å². The predicted molar refractivity (Wildman–Crippen MR) is 66.6 cm³/mol. The lowest BCUT2D eigenvalue weighted by Crippen LogP contribution is -2.16. The van der Waals surface area contributed by atoms with Crippen LogP contribution in [0, 0.1) is 5.92 Å². The first-order chi connectivity index (χ1) is 7.18. The van der Waals surface area contributed by atoms with E-state index in [1.54, 1.807) is 11.3 Å². The molecule has 0 saturated carbocycles. The monoisotopic (exact) mass is 259 g/mol. The summed E-state index contributed by atoms with van der Waals surface area (Å²) < 4.78 is 5.13. The molecule has 0 unspecified atom stereocenters. The molecule has 6 heteroatoms. The Labute approximate surface area is 104 Å². The normalized spacial score (nSPS) is 12.5. The Balaban J connectivity index is 0.00000128. The molecule has 2 aromatic heterocycles. The van der Waals surface area contributed by atoms with Crippen molar-refractivity contribution in [3.05, 3.63) is 22.7 Å². The van der Waals surface area contributed by atoms with E-state index >= 15 is 0 Å². The standard InChI is InChI=1S/C10H13N3OS.ClH/c1-6(2)8(11)10-12-9(13-14-10)7-3-4-15-5-7;/h3-6,8H,11H2,1-2H3;1H/t8-;/m1./s1. The molecule has 0 aliphatic rings. The molecule has 0 aromatic carbocycles.